The SMILES string of the molecule is CC(C)C1NC(=O)CCN(C2CCC(C)(C)C2)C1=O. The number of carbonyl (C=O) groups excluding carboxylic acids is 2. The second-order valence-electron chi connectivity index (χ2n) is 7.13. The van der Waals surface area contributed by atoms with Crippen molar-refractivity contribution in [3.05, 3.63) is 0 Å². The van der Waals surface area contributed by atoms with Crippen molar-refractivity contribution in [2.75, 3.05) is 6.54 Å². The zero-order valence-electron chi connectivity index (χ0n) is 12.5. The molecule has 1 N–H and O–H groups in total. The van der Waals surface area contributed by atoms with Crippen LogP contribution >= 0.6 is 0 Å². The standard InChI is InChI=1S/C15H26N2O2/c1-10(2)13-14(19)17(8-6-12(18)16-13)11-5-7-15(3,4)9-11/h10-11,13H,5-9H2,1-4H3,(H,16,18). The van der Waals surface area contributed by atoms with Gasteiger partial charge in [-0.1, -0.05) is 27.7 Å². The van der Waals surface area contributed by atoms with Gasteiger partial charge in [0.2, 0.25) is 11.8 Å². The van der Waals surface area contributed by atoms with Gasteiger partial charge in [-0.25, -0.2) is 0 Å². The minimum absolute atomic E-state index is 0.00630. The van der Waals surface area contributed by atoms with Crippen molar-refractivity contribution in [1.29, 1.82) is 0 Å². The number of nitrogens with one attached hydrogen (secondary N) is 1. The molecule has 2 unspecified atom stereocenters. The topological polar surface area (TPSA) is 49.4 Å². The molecule has 2 fully saturated rings. The van der Waals surface area contributed by atoms with Crippen LogP contribution in [0.5, 0.6) is 0 Å². The molecule has 0 radical (unpaired) electrons. The second-order valence-corrected chi connectivity index (χ2v) is 7.13. The van der Waals surface area contributed by atoms with Crippen molar-refractivity contribution in [2.24, 2.45) is 11.3 Å². The largest absolute Gasteiger partial charge is 0.344 e. The number of carbonyl (C=O) groups is 2. The summed E-state index contributed by atoms with van der Waals surface area (Å²) in [5, 5.41) is 2.87. The summed E-state index contributed by atoms with van der Waals surface area (Å²) in [6.45, 7) is 9.09. The van der Waals surface area contributed by atoms with Crippen LogP contribution in [-0.2, 0) is 9.59 Å². The summed E-state index contributed by atoms with van der Waals surface area (Å²) in [6.07, 6.45) is 3.72. The molecule has 1 saturated heterocycles. The van der Waals surface area contributed by atoms with E-state index in [-0.39, 0.29) is 23.8 Å². The van der Waals surface area contributed by atoms with Crippen LogP contribution in [0.25, 0.3) is 0 Å². The van der Waals surface area contributed by atoms with Gasteiger partial charge in [-0.05, 0) is 30.6 Å². The zero-order chi connectivity index (χ0) is 14.2. The third kappa shape index (κ3) is 3.10. The van der Waals surface area contributed by atoms with Gasteiger partial charge in [-0.3, -0.25) is 9.59 Å². The van der Waals surface area contributed by atoms with Crippen molar-refractivity contribution >= 4 is 11.8 Å². The first kappa shape index (κ1) is 14.4. The van der Waals surface area contributed by atoms with E-state index in [9.17, 15) is 9.59 Å². The van der Waals surface area contributed by atoms with Crippen LogP contribution in [0.3, 0.4) is 0 Å². The van der Waals surface area contributed by atoms with E-state index in [4.69, 9.17) is 0 Å². The number of rotatable bonds is 2. The molecule has 0 aromatic rings. The Kier molecular flexibility index (Phi) is 3.88. The van der Waals surface area contributed by atoms with E-state index in [2.05, 4.69) is 19.2 Å². The Hall–Kier alpha value is -1.06. The molecule has 1 saturated carbocycles. The first-order valence-corrected chi connectivity index (χ1v) is 7.40. The van der Waals surface area contributed by atoms with Gasteiger partial charge >= 0.3 is 0 Å². The molecule has 0 aromatic carbocycles. The zero-order valence-corrected chi connectivity index (χ0v) is 12.5. The highest BCUT2D eigenvalue weighted by Crippen LogP contribution is 2.39. The van der Waals surface area contributed by atoms with Gasteiger partial charge in [0.1, 0.15) is 6.04 Å². The summed E-state index contributed by atoms with van der Waals surface area (Å²) >= 11 is 0. The highest BCUT2D eigenvalue weighted by atomic mass is 16.2. The molecular weight excluding hydrogens is 240 g/mol. The Bertz CT molecular complexity index is 376. The van der Waals surface area contributed by atoms with E-state index in [1.165, 1.54) is 0 Å². The predicted octanol–water partition coefficient (Wildman–Crippen LogP) is 1.94. The molecule has 0 spiro atoms. The molecule has 2 rings (SSSR count). The van der Waals surface area contributed by atoms with Crippen molar-refractivity contribution in [3.8, 4) is 0 Å². The molecule has 1 aliphatic heterocycles. The summed E-state index contributed by atoms with van der Waals surface area (Å²) in [5.41, 5.74) is 0.321. The van der Waals surface area contributed by atoms with Crippen molar-refractivity contribution in [2.45, 2.75) is 65.5 Å². The summed E-state index contributed by atoms with van der Waals surface area (Å²) in [4.78, 5) is 26.4. The Labute approximate surface area is 115 Å². The summed E-state index contributed by atoms with van der Waals surface area (Å²) < 4.78 is 0. The third-order valence-corrected chi connectivity index (χ3v) is 4.50. The summed E-state index contributed by atoms with van der Waals surface area (Å²) in [5.74, 6) is 0.266. The lowest BCUT2D eigenvalue weighted by molar-refractivity contribution is -0.136. The molecule has 2 aliphatic rings. The Morgan fingerprint density at radius 3 is 2.53 bits per heavy atom. The van der Waals surface area contributed by atoms with Gasteiger partial charge < -0.3 is 10.2 Å². The lowest BCUT2D eigenvalue weighted by atomic mass is 9.91. The molecule has 4 heteroatoms. The fourth-order valence-corrected chi connectivity index (χ4v) is 3.30. The van der Waals surface area contributed by atoms with Gasteiger partial charge in [-0.2, -0.15) is 0 Å². The van der Waals surface area contributed by atoms with E-state index in [1.54, 1.807) is 0 Å². The Balaban J connectivity index is 2.15. The Morgan fingerprint density at radius 2 is 2.00 bits per heavy atom. The normalized spacial score (nSPS) is 31.5. The molecule has 1 aliphatic carbocycles. The predicted molar refractivity (Wildman–Crippen MR) is 74.5 cm³/mol. The minimum atomic E-state index is -0.348. The first-order chi connectivity index (χ1) is 8.80. The third-order valence-electron chi connectivity index (χ3n) is 4.50. The summed E-state index contributed by atoms with van der Waals surface area (Å²) in [7, 11) is 0. The monoisotopic (exact) mass is 266 g/mol. The number of nitrogens with zero attached hydrogens (tertiary/aromatic N) is 1. The van der Waals surface area contributed by atoms with E-state index in [1.807, 2.05) is 18.7 Å². The van der Waals surface area contributed by atoms with Gasteiger partial charge in [0.05, 0.1) is 0 Å². The van der Waals surface area contributed by atoms with Crippen molar-refractivity contribution in [1.82, 2.24) is 10.2 Å². The highest BCUT2D eigenvalue weighted by molar-refractivity contribution is 5.90. The van der Waals surface area contributed by atoms with Crippen LogP contribution in [0.2, 0.25) is 0 Å². The van der Waals surface area contributed by atoms with Crippen LogP contribution < -0.4 is 5.32 Å². The summed E-state index contributed by atoms with van der Waals surface area (Å²) in [6, 6.07) is -0.0323. The lowest BCUT2D eigenvalue weighted by Gasteiger charge is -2.32. The van der Waals surface area contributed by atoms with Crippen LogP contribution in [0.4, 0.5) is 0 Å². The van der Waals surface area contributed by atoms with Crippen molar-refractivity contribution in [3.63, 3.8) is 0 Å². The highest BCUT2D eigenvalue weighted by Gasteiger charge is 2.40. The quantitative estimate of drug-likeness (QED) is 0.830. The number of hydrogen-bond donors (Lipinski definition) is 1. The second kappa shape index (κ2) is 5.14. The van der Waals surface area contributed by atoms with Crippen LogP contribution in [0.1, 0.15) is 53.4 Å². The molecule has 4 nitrogen and oxygen atoms in total. The van der Waals surface area contributed by atoms with Crippen LogP contribution in [-0.4, -0.2) is 35.3 Å². The smallest absolute Gasteiger partial charge is 0.245 e. The van der Waals surface area contributed by atoms with E-state index < -0.39 is 0 Å². The van der Waals surface area contributed by atoms with Crippen LogP contribution in [0, 0.1) is 11.3 Å². The molecular formula is C15H26N2O2. The molecule has 1 heterocycles. The first-order valence-electron chi connectivity index (χ1n) is 7.40. The van der Waals surface area contributed by atoms with E-state index in [0.717, 1.165) is 19.3 Å². The van der Waals surface area contributed by atoms with Gasteiger partial charge in [0.15, 0.2) is 0 Å². The molecule has 0 bridgehead atoms. The number of amides is 2. The minimum Gasteiger partial charge on any atom is -0.344 e. The fraction of sp³-hybridized carbons (Fsp3) is 0.867. The maximum atomic E-state index is 12.6. The average molecular weight is 266 g/mol. The van der Waals surface area contributed by atoms with E-state index in [0.29, 0.717) is 24.4 Å². The van der Waals surface area contributed by atoms with Gasteiger partial charge in [-0.15, -0.1) is 0 Å². The molecule has 2 atom stereocenters. The van der Waals surface area contributed by atoms with E-state index >= 15 is 0 Å². The molecule has 108 valence electrons. The van der Waals surface area contributed by atoms with Gasteiger partial charge in [0, 0.05) is 19.0 Å². The average Bonchev–Trinajstić information content (AvgIpc) is 2.58. The number of hydrogen-bond acceptors (Lipinski definition) is 2. The molecule has 0 aromatic heterocycles. The van der Waals surface area contributed by atoms with Gasteiger partial charge in [0.25, 0.3) is 0 Å². The fourth-order valence-electron chi connectivity index (χ4n) is 3.30. The van der Waals surface area contributed by atoms with Crippen molar-refractivity contribution < 1.29 is 9.59 Å². The maximum Gasteiger partial charge on any atom is 0.245 e. The van der Waals surface area contributed by atoms with Crippen LogP contribution in [0.15, 0.2) is 0 Å². The molecule has 19 heavy (non-hydrogen) atoms. The Morgan fingerprint density at radius 1 is 1.32 bits per heavy atom. The lowest BCUT2D eigenvalue weighted by Crippen LogP contribution is -2.50. The maximum absolute atomic E-state index is 12.6. The molecule has 2 amide bonds.